The average molecular weight is 264 g/mol. The van der Waals surface area contributed by atoms with Crippen molar-refractivity contribution in [2.45, 2.75) is 45.7 Å². The Morgan fingerprint density at radius 1 is 1.37 bits per heavy atom. The van der Waals surface area contributed by atoms with Crippen molar-refractivity contribution >= 4 is 5.69 Å². The van der Waals surface area contributed by atoms with Crippen molar-refractivity contribution < 1.29 is 4.39 Å². The molecule has 0 bridgehead atoms. The Morgan fingerprint density at radius 2 is 2.11 bits per heavy atom. The monoisotopic (exact) mass is 264 g/mol. The number of benzene rings is 1. The Kier molecular flexibility index (Phi) is 4.46. The third kappa shape index (κ3) is 2.92. The van der Waals surface area contributed by atoms with Crippen molar-refractivity contribution in [3.63, 3.8) is 0 Å². The zero-order chi connectivity index (χ0) is 14.0. The van der Waals surface area contributed by atoms with Gasteiger partial charge < -0.3 is 10.2 Å². The van der Waals surface area contributed by atoms with Crippen LogP contribution in [0.15, 0.2) is 18.2 Å². The van der Waals surface area contributed by atoms with Gasteiger partial charge in [0.2, 0.25) is 0 Å². The van der Waals surface area contributed by atoms with Crippen molar-refractivity contribution in [2.24, 2.45) is 5.92 Å². The highest BCUT2D eigenvalue weighted by atomic mass is 19.1. The maximum atomic E-state index is 14.2. The van der Waals surface area contributed by atoms with Crippen molar-refractivity contribution in [1.29, 1.82) is 0 Å². The molecule has 1 fully saturated rings. The molecular weight excluding hydrogens is 239 g/mol. The van der Waals surface area contributed by atoms with Crippen LogP contribution in [0.3, 0.4) is 0 Å². The fourth-order valence-corrected chi connectivity index (χ4v) is 3.11. The maximum Gasteiger partial charge on any atom is 0.130 e. The van der Waals surface area contributed by atoms with E-state index in [0.29, 0.717) is 6.04 Å². The minimum atomic E-state index is -0.106. The standard InChI is InChI=1S/C16H25FN2/c1-11-8-9-19(12(2)10-11)15-7-5-6-14(17)16(15)13(3)18-4/h5-7,11-13,18H,8-10H2,1-4H3. The number of rotatable bonds is 3. The maximum absolute atomic E-state index is 14.2. The lowest BCUT2D eigenvalue weighted by molar-refractivity contribution is 0.376. The fourth-order valence-electron chi connectivity index (χ4n) is 3.11. The fraction of sp³-hybridized carbons (Fsp3) is 0.625. The first-order valence-corrected chi connectivity index (χ1v) is 7.27. The van der Waals surface area contributed by atoms with E-state index in [-0.39, 0.29) is 11.9 Å². The molecule has 1 N–H and O–H groups in total. The quantitative estimate of drug-likeness (QED) is 0.895. The molecule has 0 saturated carbocycles. The number of anilines is 1. The molecule has 1 aliphatic rings. The lowest BCUT2D eigenvalue weighted by Crippen LogP contribution is -2.41. The zero-order valence-corrected chi connectivity index (χ0v) is 12.4. The van der Waals surface area contributed by atoms with Gasteiger partial charge in [-0.25, -0.2) is 4.39 Å². The second-order valence-electron chi connectivity index (χ2n) is 5.85. The van der Waals surface area contributed by atoms with Crippen molar-refractivity contribution in [3.05, 3.63) is 29.6 Å². The van der Waals surface area contributed by atoms with Crippen LogP contribution in [-0.4, -0.2) is 19.6 Å². The number of nitrogens with zero attached hydrogens (tertiary/aromatic N) is 1. The van der Waals surface area contributed by atoms with Crippen LogP contribution in [0.25, 0.3) is 0 Å². The Labute approximate surface area is 116 Å². The van der Waals surface area contributed by atoms with Crippen LogP contribution in [-0.2, 0) is 0 Å². The summed E-state index contributed by atoms with van der Waals surface area (Å²) >= 11 is 0. The van der Waals surface area contributed by atoms with Gasteiger partial charge in [-0.2, -0.15) is 0 Å². The van der Waals surface area contributed by atoms with Crippen LogP contribution in [0.2, 0.25) is 0 Å². The van der Waals surface area contributed by atoms with Gasteiger partial charge in [0.1, 0.15) is 5.82 Å². The first kappa shape index (κ1) is 14.3. The predicted octanol–water partition coefficient (Wildman–Crippen LogP) is 3.73. The van der Waals surface area contributed by atoms with Crippen LogP contribution in [0, 0.1) is 11.7 Å². The highest BCUT2D eigenvalue weighted by Gasteiger charge is 2.26. The van der Waals surface area contributed by atoms with Gasteiger partial charge in [0.25, 0.3) is 0 Å². The Morgan fingerprint density at radius 3 is 2.74 bits per heavy atom. The van der Waals surface area contributed by atoms with E-state index < -0.39 is 0 Å². The normalized spacial score (nSPS) is 25.4. The van der Waals surface area contributed by atoms with Gasteiger partial charge in [-0.05, 0) is 51.8 Å². The molecule has 1 heterocycles. The van der Waals surface area contributed by atoms with Crippen LogP contribution < -0.4 is 10.2 Å². The van der Waals surface area contributed by atoms with Crippen LogP contribution in [0.1, 0.15) is 45.2 Å². The number of hydrogen-bond donors (Lipinski definition) is 1. The predicted molar refractivity (Wildman–Crippen MR) is 79.1 cm³/mol. The van der Waals surface area contributed by atoms with E-state index in [4.69, 9.17) is 0 Å². The van der Waals surface area contributed by atoms with Crippen LogP contribution >= 0.6 is 0 Å². The van der Waals surface area contributed by atoms with E-state index in [2.05, 4.69) is 30.1 Å². The molecule has 106 valence electrons. The number of piperidine rings is 1. The minimum absolute atomic E-state index is 0.0303. The number of hydrogen-bond acceptors (Lipinski definition) is 2. The Bertz CT molecular complexity index is 433. The average Bonchev–Trinajstić information content (AvgIpc) is 2.37. The summed E-state index contributed by atoms with van der Waals surface area (Å²) in [6.45, 7) is 7.58. The van der Waals surface area contributed by atoms with E-state index in [9.17, 15) is 4.39 Å². The summed E-state index contributed by atoms with van der Waals surface area (Å²) in [5.41, 5.74) is 1.85. The largest absolute Gasteiger partial charge is 0.368 e. The van der Waals surface area contributed by atoms with E-state index >= 15 is 0 Å². The minimum Gasteiger partial charge on any atom is -0.368 e. The molecule has 3 atom stereocenters. The van der Waals surface area contributed by atoms with Gasteiger partial charge in [-0.3, -0.25) is 0 Å². The number of halogens is 1. The lowest BCUT2D eigenvalue weighted by atomic mass is 9.91. The van der Waals surface area contributed by atoms with Gasteiger partial charge in [0, 0.05) is 29.9 Å². The summed E-state index contributed by atoms with van der Waals surface area (Å²) in [7, 11) is 1.88. The zero-order valence-electron chi connectivity index (χ0n) is 12.4. The van der Waals surface area contributed by atoms with Crippen molar-refractivity contribution in [1.82, 2.24) is 5.32 Å². The van der Waals surface area contributed by atoms with Crippen LogP contribution in [0.5, 0.6) is 0 Å². The number of nitrogens with one attached hydrogen (secondary N) is 1. The van der Waals surface area contributed by atoms with Crippen LogP contribution in [0.4, 0.5) is 10.1 Å². The first-order valence-electron chi connectivity index (χ1n) is 7.27. The second kappa shape index (κ2) is 5.91. The molecule has 0 spiro atoms. The van der Waals surface area contributed by atoms with Crippen molar-refractivity contribution in [2.75, 3.05) is 18.5 Å². The molecule has 1 aromatic carbocycles. The molecule has 0 aliphatic carbocycles. The molecule has 0 radical (unpaired) electrons. The Balaban J connectivity index is 2.36. The van der Waals surface area contributed by atoms with E-state index in [1.54, 1.807) is 6.07 Å². The molecule has 1 aromatic rings. The van der Waals surface area contributed by atoms with Gasteiger partial charge in [-0.1, -0.05) is 13.0 Å². The van der Waals surface area contributed by atoms with E-state index in [1.807, 2.05) is 20.0 Å². The molecular formula is C16H25FN2. The van der Waals surface area contributed by atoms with E-state index in [1.165, 1.54) is 12.8 Å². The Hall–Kier alpha value is -1.09. The molecule has 1 aliphatic heterocycles. The summed E-state index contributed by atoms with van der Waals surface area (Å²) in [5, 5.41) is 3.16. The summed E-state index contributed by atoms with van der Waals surface area (Å²) in [6.07, 6.45) is 2.37. The topological polar surface area (TPSA) is 15.3 Å². The second-order valence-corrected chi connectivity index (χ2v) is 5.85. The molecule has 3 heteroatoms. The summed E-state index contributed by atoms with van der Waals surface area (Å²) in [5.74, 6) is 0.662. The lowest BCUT2D eigenvalue weighted by Gasteiger charge is -2.40. The van der Waals surface area contributed by atoms with Gasteiger partial charge in [0.05, 0.1) is 0 Å². The first-order chi connectivity index (χ1) is 9.04. The highest BCUT2D eigenvalue weighted by molar-refractivity contribution is 5.56. The summed E-state index contributed by atoms with van der Waals surface area (Å²) < 4.78 is 14.2. The third-order valence-electron chi connectivity index (χ3n) is 4.34. The molecule has 0 amide bonds. The molecule has 0 aromatic heterocycles. The smallest absolute Gasteiger partial charge is 0.130 e. The van der Waals surface area contributed by atoms with Crippen molar-refractivity contribution in [3.8, 4) is 0 Å². The van der Waals surface area contributed by atoms with Gasteiger partial charge in [0.15, 0.2) is 0 Å². The molecule has 3 unspecified atom stereocenters. The third-order valence-corrected chi connectivity index (χ3v) is 4.34. The molecule has 19 heavy (non-hydrogen) atoms. The molecule has 1 saturated heterocycles. The summed E-state index contributed by atoms with van der Waals surface area (Å²) in [4.78, 5) is 2.37. The van der Waals surface area contributed by atoms with Gasteiger partial charge >= 0.3 is 0 Å². The summed E-state index contributed by atoms with van der Waals surface area (Å²) in [6, 6.07) is 5.94. The van der Waals surface area contributed by atoms with Gasteiger partial charge in [-0.15, -0.1) is 0 Å². The SMILES string of the molecule is CNC(C)c1c(F)cccc1N1CCC(C)CC1C. The molecule has 2 rings (SSSR count). The molecule has 2 nitrogen and oxygen atoms in total. The van der Waals surface area contributed by atoms with E-state index in [0.717, 1.165) is 23.7 Å². The highest BCUT2D eigenvalue weighted by Crippen LogP contribution is 2.34.